The van der Waals surface area contributed by atoms with Gasteiger partial charge in [-0.3, -0.25) is 0 Å². The van der Waals surface area contributed by atoms with Crippen LogP contribution in [0, 0.1) is 0 Å². The molecule has 1 aromatic heterocycles. The maximum absolute atomic E-state index is 2.64. The van der Waals surface area contributed by atoms with E-state index in [4.69, 9.17) is 0 Å². The lowest BCUT2D eigenvalue weighted by atomic mass is 9.47. The summed E-state index contributed by atoms with van der Waals surface area (Å²) in [6, 6.07) is 65.3. The number of benzene rings is 7. The van der Waals surface area contributed by atoms with Crippen LogP contribution >= 0.6 is 0 Å². The summed E-state index contributed by atoms with van der Waals surface area (Å²) in [5.74, 6) is 2.32. The standard InChI is InChI=1S/C18H17N.C14H13N.C13H10.C6H6.C5H10.C3H8.5C2H6.2CH4/c1-2-19-14-10-6-5-9-13(14)17-15-11-7-3-4-8-12(11)16(15)18(17)19;1-2-15-13-9-5-3-7-11(13)12-8-4-6-10-14(12)15;1-3-7-12-10(5-1)9-11-6-2-4-8-13(11)12;1-2-4-6-5-3-1;1-2-4-5-3-1;1-3-2;5*1-2;;/h3-10,15-18H,2H2,1H3;3-10H,2H2,1H3;1-8H,9H2;1-6H;1-5H2;3H2,1-2H3;5*1-2H3;2*1H4/t15-,16+,17-,18?;;;;;;;;;;;;/m0............/s1. The quantitative estimate of drug-likeness (QED) is 0.168. The second kappa shape index (κ2) is 37.0. The van der Waals surface area contributed by atoms with Crippen LogP contribution in [0.2, 0.25) is 0 Å². The number of aromatic nitrogens is 1. The Balaban J connectivity index is 0.000000449. The highest BCUT2D eigenvalue weighted by Crippen LogP contribution is 2.71. The molecule has 2 heteroatoms. The number of likely N-dealkylation sites (N-methyl/N-ethyl adjacent to an activating group) is 1. The molecule has 1 aliphatic heterocycles. The lowest BCUT2D eigenvalue weighted by Gasteiger charge is -2.59. The minimum Gasteiger partial charge on any atom is -0.367 e. The average Bonchev–Trinajstić information content (AvgIpc) is 4.28. The van der Waals surface area contributed by atoms with Gasteiger partial charge in [-0.15, -0.1) is 0 Å². The van der Waals surface area contributed by atoms with Crippen molar-refractivity contribution in [2.24, 2.45) is 0 Å². The molecule has 2 nitrogen and oxygen atoms in total. The number of fused-ring (bicyclic) bond motifs is 15. The summed E-state index contributed by atoms with van der Waals surface area (Å²) in [6.45, 7) is 30.9. The van der Waals surface area contributed by atoms with E-state index < -0.39 is 0 Å². The Hall–Kier alpha value is -5.86. The molecule has 7 aromatic carbocycles. The van der Waals surface area contributed by atoms with Gasteiger partial charge in [-0.2, -0.15) is 0 Å². The molecule has 13 rings (SSSR count). The third-order valence-corrected chi connectivity index (χ3v) is 13.1. The van der Waals surface area contributed by atoms with Crippen molar-refractivity contribution in [1.82, 2.24) is 4.57 Å². The van der Waals surface area contributed by atoms with Gasteiger partial charge in [-0.05, 0) is 77.4 Å². The molecular formula is C71H102N2. The fraction of sp³-hybridized carbons (Fsp3) is 0.408. The van der Waals surface area contributed by atoms with E-state index in [9.17, 15) is 0 Å². The van der Waals surface area contributed by atoms with Gasteiger partial charge in [0.05, 0.1) is 0 Å². The zero-order valence-corrected chi connectivity index (χ0v) is 46.9. The molecule has 0 bridgehead atoms. The van der Waals surface area contributed by atoms with Gasteiger partial charge in [0.25, 0.3) is 0 Å². The molecule has 1 unspecified atom stereocenters. The second-order valence-corrected chi connectivity index (χ2v) is 16.9. The van der Waals surface area contributed by atoms with Crippen LogP contribution in [-0.4, -0.2) is 17.2 Å². The number of nitrogens with zero attached hydrogens (tertiary/aromatic N) is 2. The molecule has 0 N–H and O–H groups in total. The molecule has 2 fully saturated rings. The maximum atomic E-state index is 2.64. The van der Waals surface area contributed by atoms with Crippen LogP contribution < -0.4 is 4.90 Å². The topological polar surface area (TPSA) is 8.17 Å². The Kier molecular flexibility index (Phi) is 33.0. The van der Waals surface area contributed by atoms with Gasteiger partial charge >= 0.3 is 0 Å². The maximum Gasteiger partial charge on any atom is 0.0491 e. The van der Waals surface area contributed by atoms with Crippen LogP contribution in [-0.2, 0) is 13.0 Å². The summed E-state index contributed by atoms with van der Waals surface area (Å²) < 4.78 is 2.37. The van der Waals surface area contributed by atoms with E-state index in [1.807, 2.05) is 106 Å². The molecule has 4 aliphatic carbocycles. The summed E-state index contributed by atoms with van der Waals surface area (Å²) in [7, 11) is 0. The summed E-state index contributed by atoms with van der Waals surface area (Å²) in [5, 5.41) is 2.71. The Morgan fingerprint density at radius 3 is 1.10 bits per heavy atom. The van der Waals surface area contributed by atoms with Gasteiger partial charge in [0, 0.05) is 64.4 Å². The van der Waals surface area contributed by atoms with Crippen molar-refractivity contribution in [3.05, 3.63) is 210 Å². The van der Waals surface area contributed by atoms with Gasteiger partial charge in [0.2, 0.25) is 0 Å². The number of anilines is 1. The van der Waals surface area contributed by atoms with Crippen LogP contribution in [0.15, 0.2) is 182 Å². The number of para-hydroxylation sites is 3. The molecule has 2 saturated carbocycles. The monoisotopic (exact) mass is 983 g/mol. The van der Waals surface area contributed by atoms with Gasteiger partial charge in [-0.25, -0.2) is 0 Å². The first-order chi connectivity index (χ1) is 35.2. The van der Waals surface area contributed by atoms with Crippen LogP contribution in [0.25, 0.3) is 32.9 Å². The van der Waals surface area contributed by atoms with Crippen molar-refractivity contribution in [2.75, 3.05) is 11.4 Å². The molecule has 5 aliphatic rings. The Bertz CT molecular complexity index is 2480. The van der Waals surface area contributed by atoms with E-state index in [-0.39, 0.29) is 14.9 Å². The third kappa shape index (κ3) is 15.8. The summed E-state index contributed by atoms with van der Waals surface area (Å²) in [6.07, 6.45) is 9.85. The van der Waals surface area contributed by atoms with Crippen molar-refractivity contribution in [1.29, 1.82) is 0 Å². The van der Waals surface area contributed by atoms with Crippen LogP contribution in [0.1, 0.15) is 196 Å². The van der Waals surface area contributed by atoms with E-state index in [0.29, 0.717) is 0 Å². The number of rotatable bonds is 2. The predicted molar refractivity (Wildman–Crippen MR) is 333 cm³/mol. The first kappa shape index (κ1) is 65.2. The van der Waals surface area contributed by atoms with Crippen molar-refractivity contribution < 1.29 is 0 Å². The van der Waals surface area contributed by atoms with E-state index in [2.05, 4.69) is 183 Å². The Morgan fingerprint density at radius 2 is 0.685 bits per heavy atom. The third-order valence-electron chi connectivity index (χ3n) is 13.1. The molecular weight excluding hydrogens is 881 g/mol. The molecule has 396 valence electrons. The van der Waals surface area contributed by atoms with E-state index >= 15 is 0 Å². The highest BCUT2D eigenvalue weighted by atomic mass is 15.2. The average molecular weight is 984 g/mol. The number of hydrogen-bond donors (Lipinski definition) is 0. The lowest BCUT2D eigenvalue weighted by molar-refractivity contribution is 0.198. The summed E-state index contributed by atoms with van der Waals surface area (Å²) in [5.41, 5.74) is 14.7. The predicted octanol–water partition coefficient (Wildman–Crippen LogP) is 22.4. The SMILES string of the molecule is C.C.C1CCCC1.CC.CC.CC.CC.CC.CCC.CCN1c2ccccc2[C@@H]2C1[C@@H]1c3ccccc3[C@H]21.CCn1c2ccccc2c2ccccc21.c1ccc2c(c1)Cc1ccccc1-2.c1ccccc1. The first-order valence-electron chi connectivity index (χ1n) is 28.3. The number of hydrogen-bond acceptors (Lipinski definition) is 1. The smallest absolute Gasteiger partial charge is 0.0491 e. The van der Waals surface area contributed by atoms with Gasteiger partial charge in [0.1, 0.15) is 0 Å². The van der Waals surface area contributed by atoms with Gasteiger partial charge < -0.3 is 9.47 Å². The molecule has 8 aromatic rings. The van der Waals surface area contributed by atoms with Crippen molar-refractivity contribution in [2.45, 2.75) is 187 Å². The van der Waals surface area contributed by atoms with Gasteiger partial charge in [-0.1, -0.05) is 300 Å². The molecule has 4 atom stereocenters. The van der Waals surface area contributed by atoms with E-state index in [1.54, 1.807) is 16.7 Å². The molecule has 0 amide bonds. The fourth-order valence-electron chi connectivity index (χ4n) is 10.5. The molecule has 0 radical (unpaired) electrons. The molecule has 0 spiro atoms. The highest BCUT2D eigenvalue weighted by Gasteiger charge is 2.64. The highest BCUT2D eigenvalue weighted by molar-refractivity contribution is 6.07. The Labute approximate surface area is 449 Å². The summed E-state index contributed by atoms with van der Waals surface area (Å²) >= 11 is 0. The lowest BCUT2D eigenvalue weighted by Crippen LogP contribution is -2.56. The molecule has 0 saturated heterocycles. The van der Waals surface area contributed by atoms with Crippen molar-refractivity contribution in [3.63, 3.8) is 0 Å². The van der Waals surface area contributed by atoms with E-state index in [0.717, 1.165) is 43.3 Å². The van der Waals surface area contributed by atoms with Crippen molar-refractivity contribution >= 4 is 27.5 Å². The zero-order chi connectivity index (χ0) is 52.0. The molecule has 2 heterocycles. The summed E-state index contributed by atoms with van der Waals surface area (Å²) in [4.78, 5) is 2.64. The van der Waals surface area contributed by atoms with E-state index in [1.165, 1.54) is 88.3 Å². The molecule has 73 heavy (non-hydrogen) atoms. The fourth-order valence-corrected chi connectivity index (χ4v) is 10.5. The van der Waals surface area contributed by atoms with Crippen LogP contribution in [0.3, 0.4) is 0 Å². The minimum atomic E-state index is 0. The first-order valence-corrected chi connectivity index (χ1v) is 28.3. The minimum absolute atomic E-state index is 0. The largest absolute Gasteiger partial charge is 0.367 e. The van der Waals surface area contributed by atoms with Gasteiger partial charge in [0.15, 0.2) is 0 Å². The normalized spacial score (nSPS) is 15.9. The van der Waals surface area contributed by atoms with Crippen LogP contribution in [0.5, 0.6) is 0 Å². The Morgan fingerprint density at radius 1 is 0.356 bits per heavy atom. The van der Waals surface area contributed by atoms with Crippen molar-refractivity contribution in [3.8, 4) is 11.1 Å². The number of aryl methyl sites for hydroxylation is 1. The second-order valence-electron chi connectivity index (χ2n) is 16.9. The van der Waals surface area contributed by atoms with Crippen LogP contribution in [0.4, 0.5) is 5.69 Å². The zero-order valence-electron chi connectivity index (χ0n) is 46.9.